The van der Waals surface area contributed by atoms with Crippen LogP contribution in [0.5, 0.6) is 5.75 Å². The number of carboxylic acid groups (broad SMARTS) is 1. The predicted octanol–water partition coefficient (Wildman–Crippen LogP) is 6.04. The molecule has 0 bridgehead atoms. The van der Waals surface area contributed by atoms with Crippen molar-refractivity contribution < 1.29 is 24.1 Å². The number of methoxy groups -OCH3 is 1. The van der Waals surface area contributed by atoms with Gasteiger partial charge in [-0.25, -0.2) is 0 Å². The summed E-state index contributed by atoms with van der Waals surface area (Å²) in [5.41, 5.74) is 1.34. The van der Waals surface area contributed by atoms with Crippen molar-refractivity contribution in [1.82, 2.24) is 0 Å². The minimum Gasteiger partial charge on any atom is -0.491 e. The van der Waals surface area contributed by atoms with E-state index in [0.717, 1.165) is 12.2 Å². The van der Waals surface area contributed by atoms with Crippen molar-refractivity contribution in [3.05, 3.63) is 29.8 Å². The van der Waals surface area contributed by atoms with Crippen molar-refractivity contribution in [3.63, 3.8) is 0 Å². The fourth-order valence-electron chi connectivity index (χ4n) is 3.40. The number of hydrogen-bond acceptors (Lipinski definition) is 4. The van der Waals surface area contributed by atoms with E-state index in [4.69, 9.17) is 19.3 Å². The molecule has 5 nitrogen and oxygen atoms in total. The summed E-state index contributed by atoms with van der Waals surface area (Å²) in [6.45, 7) is 3.13. The molecule has 0 radical (unpaired) electrons. The molecule has 1 rings (SSSR count). The van der Waals surface area contributed by atoms with Crippen LogP contribution in [0.2, 0.25) is 0 Å². The predicted molar refractivity (Wildman–Crippen MR) is 121 cm³/mol. The second-order valence-corrected chi connectivity index (χ2v) is 7.98. The van der Waals surface area contributed by atoms with Gasteiger partial charge in [0.1, 0.15) is 18.5 Å². The lowest BCUT2D eigenvalue weighted by Gasteiger charge is -2.17. The highest BCUT2D eigenvalue weighted by atomic mass is 16.6. The maximum atomic E-state index is 10.6. The minimum absolute atomic E-state index is 0.0200. The molecule has 1 aromatic rings. The number of carboxylic acids is 1. The third-order valence-corrected chi connectivity index (χ3v) is 5.20. The lowest BCUT2D eigenvalue weighted by atomic mass is 10.0. The van der Waals surface area contributed by atoms with Crippen LogP contribution in [0.4, 0.5) is 0 Å². The van der Waals surface area contributed by atoms with Gasteiger partial charge in [-0.3, -0.25) is 4.79 Å². The van der Waals surface area contributed by atoms with Crippen LogP contribution in [0.3, 0.4) is 0 Å². The third kappa shape index (κ3) is 14.4. The summed E-state index contributed by atoms with van der Waals surface area (Å²) in [5.74, 6) is -0.0742. The molecule has 1 atom stereocenters. The van der Waals surface area contributed by atoms with E-state index in [0.29, 0.717) is 13.2 Å². The van der Waals surface area contributed by atoms with Gasteiger partial charge in [0.05, 0.1) is 19.6 Å². The Morgan fingerprint density at radius 1 is 0.900 bits per heavy atom. The standard InChI is InChI=1S/C25H42O5/c1-3-4-5-6-7-8-9-10-11-12-13-22-14-16-23(17-15-22)30-21-24(20-28-2)29-19-18-25(26)27/h14-17,24H,3-13,18-21H2,1-2H3,(H,26,27). The van der Waals surface area contributed by atoms with Crippen molar-refractivity contribution in [1.29, 1.82) is 0 Å². The largest absolute Gasteiger partial charge is 0.491 e. The lowest BCUT2D eigenvalue weighted by molar-refractivity contribution is -0.139. The molecule has 0 aliphatic heterocycles. The number of carbonyl (C=O) groups is 1. The highest BCUT2D eigenvalue weighted by Crippen LogP contribution is 2.16. The Morgan fingerprint density at radius 2 is 1.50 bits per heavy atom. The molecular weight excluding hydrogens is 380 g/mol. The van der Waals surface area contributed by atoms with Gasteiger partial charge in [-0.05, 0) is 30.5 Å². The van der Waals surface area contributed by atoms with Crippen molar-refractivity contribution in [2.75, 3.05) is 26.9 Å². The molecule has 0 aliphatic rings. The fourth-order valence-corrected chi connectivity index (χ4v) is 3.40. The smallest absolute Gasteiger partial charge is 0.305 e. The molecule has 0 amide bonds. The SMILES string of the molecule is CCCCCCCCCCCCc1ccc(OCC(COC)OCCC(=O)O)cc1. The summed E-state index contributed by atoms with van der Waals surface area (Å²) in [7, 11) is 1.59. The van der Waals surface area contributed by atoms with Gasteiger partial charge in [-0.15, -0.1) is 0 Å². The molecule has 0 spiro atoms. The number of ether oxygens (including phenoxy) is 3. The molecule has 172 valence electrons. The number of aryl methyl sites for hydroxylation is 1. The monoisotopic (exact) mass is 422 g/mol. The van der Waals surface area contributed by atoms with Gasteiger partial charge in [0, 0.05) is 7.11 Å². The Bertz CT molecular complexity index is 529. The molecular formula is C25H42O5. The summed E-state index contributed by atoms with van der Waals surface area (Å²) >= 11 is 0. The Hall–Kier alpha value is -1.59. The Labute approximate surface area is 183 Å². The van der Waals surface area contributed by atoms with Crippen LogP contribution in [0.15, 0.2) is 24.3 Å². The van der Waals surface area contributed by atoms with Gasteiger partial charge in [-0.2, -0.15) is 0 Å². The van der Waals surface area contributed by atoms with E-state index in [1.807, 2.05) is 12.1 Å². The first-order valence-corrected chi connectivity index (χ1v) is 11.7. The quantitative estimate of drug-likeness (QED) is 0.260. The van der Waals surface area contributed by atoms with Crippen molar-refractivity contribution in [3.8, 4) is 5.75 Å². The molecule has 0 aliphatic carbocycles. The molecule has 1 N–H and O–H groups in total. The summed E-state index contributed by atoms with van der Waals surface area (Å²) in [4.78, 5) is 10.6. The number of benzene rings is 1. The fraction of sp³-hybridized carbons (Fsp3) is 0.720. The summed E-state index contributed by atoms with van der Waals surface area (Å²) in [6.07, 6.45) is 14.4. The first kappa shape index (κ1) is 26.4. The minimum atomic E-state index is -0.870. The van der Waals surface area contributed by atoms with E-state index < -0.39 is 5.97 Å². The molecule has 0 heterocycles. The second kappa shape index (κ2) is 18.2. The summed E-state index contributed by atoms with van der Waals surface area (Å²) < 4.78 is 16.4. The average Bonchev–Trinajstić information content (AvgIpc) is 2.74. The van der Waals surface area contributed by atoms with Crippen LogP contribution in [-0.4, -0.2) is 44.1 Å². The van der Waals surface area contributed by atoms with Crippen molar-refractivity contribution in [2.24, 2.45) is 0 Å². The zero-order valence-electron chi connectivity index (χ0n) is 19.1. The zero-order valence-corrected chi connectivity index (χ0v) is 19.1. The van der Waals surface area contributed by atoms with E-state index in [1.54, 1.807) is 7.11 Å². The van der Waals surface area contributed by atoms with Crippen LogP contribution >= 0.6 is 0 Å². The third-order valence-electron chi connectivity index (χ3n) is 5.20. The molecule has 5 heteroatoms. The molecule has 0 saturated carbocycles. The van der Waals surface area contributed by atoms with Gasteiger partial charge >= 0.3 is 5.97 Å². The van der Waals surface area contributed by atoms with E-state index in [2.05, 4.69) is 19.1 Å². The van der Waals surface area contributed by atoms with Gasteiger partial charge in [0.2, 0.25) is 0 Å². The molecule has 0 fully saturated rings. The summed E-state index contributed by atoms with van der Waals surface area (Å²) in [6, 6.07) is 8.23. The van der Waals surface area contributed by atoms with E-state index >= 15 is 0 Å². The summed E-state index contributed by atoms with van der Waals surface area (Å²) in [5, 5.41) is 8.70. The maximum Gasteiger partial charge on any atom is 0.305 e. The molecule has 0 saturated heterocycles. The Morgan fingerprint density at radius 3 is 2.07 bits per heavy atom. The Balaban J connectivity index is 2.14. The molecule has 1 aromatic carbocycles. The van der Waals surface area contributed by atoms with E-state index in [1.165, 1.54) is 69.8 Å². The molecule has 0 aromatic heterocycles. The van der Waals surface area contributed by atoms with Crippen LogP contribution < -0.4 is 4.74 Å². The number of aliphatic carboxylic acids is 1. The highest BCUT2D eigenvalue weighted by Gasteiger charge is 2.11. The first-order valence-electron chi connectivity index (χ1n) is 11.7. The lowest BCUT2D eigenvalue weighted by Crippen LogP contribution is -2.27. The van der Waals surface area contributed by atoms with Gasteiger partial charge in [0.25, 0.3) is 0 Å². The average molecular weight is 423 g/mol. The van der Waals surface area contributed by atoms with Gasteiger partial charge in [-0.1, -0.05) is 76.8 Å². The zero-order chi connectivity index (χ0) is 21.9. The van der Waals surface area contributed by atoms with E-state index in [9.17, 15) is 4.79 Å². The number of rotatable bonds is 20. The van der Waals surface area contributed by atoms with Crippen LogP contribution in [0, 0.1) is 0 Å². The first-order chi connectivity index (χ1) is 14.7. The Kier molecular flexibility index (Phi) is 16.0. The van der Waals surface area contributed by atoms with Crippen LogP contribution in [-0.2, 0) is 20.7 Å². The normalized spacial score (nSPS) is 12.1. The van der Waals surface area contributed by atoms with Crippen LogP contribution in [0.25, 0.3) is 0 Å². The molecule has 1 unspecified atom stereocenters. The van der Waals surface area contributed by atoms with Crippen molar-refractivity contribution >= 4 is 5.97 Å². The van der Waals surface area contributed by atoms with Crippen LogP contribution in [0.1, 0.15) is 83.1 Å². The van der Waals surface area contributed by atoms with Gasteiger partial charge in [0.15, 0.2) is 0 Å². The van der Waals surface area contributed by atoms with E-state index in [-0.39, 0.29) is 19.1 Å². The second-order valence-electron chi connectivity index (χ2n) is 7.98. The van der Waals surface area contributed by atoms with Crippen molar-refractivity contribution in [2.45, 2.75) is 90.1 Å². The maximum absolute atomic E-state index is 10.6. The molecule has 30 heavy (non-hydrogen) atoms. The number of hydrogen-bond donors (Lipinski definition) is 1. The van der Waals surface area contributed by atoms with Gasteiger partial charge < -0.3 is 19.3 Å². The number of unbranched alkanes of at least 4 members (excludes halogenated alkanes) is 9. The topological polar surface area (TPSA) is 65.0 Å². The highest BCUT2D eigenvalue weighted by molar-refractivity contribution is 5.66.